The Labute approximate surface area is 105 Å². The van der Waals surface area contributed by atoms with E-state index in [1.54, 1.807) is 11.8 Å². The van der Waals surface area contributed by atoms with Crippen molar-refractivity contribution in [2.75, 3.05) is 5.75 Å². The fourth-order valence-corrected chi connectivity index (χ4v) is 2.33. The molecule has 0 atom stereocenters. The first-order valence-corrected chi connectivity index (χ1v) is 6.92. The highest BCUT2D eigenvalue weighted by molar-refractivity contribution is 7.99. The Hall–Kier alpha value is -0.840. The molecule has 0 aromatic carbocycles. The zero-order chi connectivity index (χ0) is 12.8. The molecule has 0 unspecified atom stereocenters. The molecule has 0 bridgehead atoms. The molecule has 0 heterocycles. The van der Waals surface area contributed by atoms with Gasteiger partial charge in [0.05, 0.1) is 0 Å². The summed E-state index contributed by atoms with van der Waals surface area (Å²) >= 11 is 1.78. The minimum Gasteiger partial charge on any atom is -0.446 e. The van der Waals surface area contributed by atoms with Gasteiger partial charge in [0.2, 0.25) is 6.10 Å². The average Bonchev–Trinajstić information content (AvgIpc) is 2.56. The van der Waals surface area contributed by atoms with E-state index in [2.05, 4.69) is 13.8 Å². The number of thioether (sulfide) groups is 1. The summed E-state index contributed by atoms with van der Waals surface area (Å²) < 4.78 is 4.90. The Balaban J connectivity index is 2.21. The Morgan fingerprint density at radius 2 is 1.94 bits per heavy atom. The minimum atomic E-state index is -1.11. The first kappa shape index (κ1) is 14.2. The van der Waals surface area contributed by atoms with Crippen LogP contribution in [0, 0.1) is 0 Å². The van der Waals surface area contributed by atoms with E-state index < -0.39 is 12.1 Å². The number of ketones is 2. The fraction of sp³-hybridized carbons (Fsp3) is 0.750. The fourth-order valence-electron chi connectivity index (χ4n) is 1.55. The van der Waals surface area contributed by atoms with Crippen molar-refractivity contribution < 1.29 is 19.1 Å². The SMILES string of the molecule is CC(C)SCCCC(=O)OC1C(=O)CCC1=O. The van der Waals surface area contributed by atoms with Crippen LogP contribution in [0.1, 0.15) is 39.5 Å². The average molecular weight is 258 g/mol. The maximum atomic E-state index is 11.4. The summed E-state index contributed by atoms with van der Waals surface area (Å²) in [6.07, 6.45) is 0.299. The van der Waals surface area contributed by atoms with Gasteiger partial charge in [0, 0.05) is 19.3 Å². The third kappa shape index (κ3) is 4.89. The Bertz CT molecular complexity index is 296. The second-order valence-electron chi connectivity index (χ2n) is 4.33. The highest BCUT2D eigenvalue weighted by atomic mass is 32.2. The van der Waals surface area contributed by atoms with Crippen LogP contribution in [-0.4, -0.2) is 34.6 Å². The summed E-state index contributed by atoms with van der Waals surface area (Å²) in [6.45, 7) is 4.19. The van der Waals surface area contributed by atoms with Gasteiger partial charge in [-0.3, -0.25) is 14.4 Å². The van der Waals surface area contributed by atoms with Crippen LogP contribution >= 0.6 is 11.8 Å². The predicted octanol–water partition coefficient (Wildman–Crippen LogP) is 1.75. The van der Waals surface area contributed by atoms with E-state index >= 15 is 0 Å². The third-order valence-electron chi connectivity index (χ3n) is 2.43. The van der Waals surface area contributed by atoms with Gasteiger partial charge >= 0.3 is 5.97 Å². The molecule has 0 saturated heterocycles. The van der Waals surface area contributed by atoms with Crippen LogP contribution in [-0.2, 0) is 19.1 Å². The zero-order valence-electron chi connectivity index (χ0n) is 10.2. The molecule has 1 saturated carbocycles. The molecular formula is C12H18O4S. The van der Waals surface area contributed by atoms with Gasteiger partial charge in [0.25, 0.3) is 0 Å². The number of esters is 1. The Kier molecular flexibility index (Phi) is 5.68. The Morgan fingerprint density at radius 1 is 1.35 bits per heavy atom. The molecule has 0 aromatic heterocycles. The normalized spacial score (nSPS) is 16.9. The summed E-state index contributed by atoms with van der Waals surface area (Å²) in [7, 11) is 0. The van der Waals surface area contributed by atoms with Crippen LogP contribution in [0.4, 0.5) is 0 Å². The number of carbonyl (C=O) groups is 3. The van der Waals surface area contributed by atoms with Crippen LogP contribution < -0.4 is 0 Å². The molecule has 17 heavy (non-hydrogen) atoms. The number of hydrogen-bond acceptors (Lipinski definition) is 5. The molecule has 1 aliphatic rings. The van der Waals surface area contributed by atoms with Crippen molar-refractivity contribution in [3.05, 3.63) is 0 Å². The summed E-state index contributed by atoms with van der Waals surface area (Å²) in [5.41, 5.74) is 0. The molecule has 0 N–H and O–H groups in total. The van der Waals surface area contributed by atoms with Gasteiger partial charge in [-0.1, -0.05) is 13.8 Å². The van der Waals surface area contributed by atoms with Crippen molar-refractivity contribution >= 4 is 29.3 Å². The molecule has 0 spiro atoms. The number of carbonyl (C=O) groups excluding carboxylic acids is 3. The van der Waals surface area contributed by atoms with Crippen LogP contribution in [0.5, 0.6) is 0 Å². The predicted molar refractivity (Wildman–Crippen MR) is 66.0 cm³/mol. The van der Waals surface area contributed by atoms with E-state index in [1.165, 1.54) is 0 Å². The summed E-state index contributed by atoms with van der Waals surface area (Å²) in [5, 5.41) is 0.545. The van der Waals surface area contributed by atoms with Crippen molar-refractivity contribution in [2.45, 2.75) is 50.9 Å². The highest BCUT2D eigenvalue weighted by Gasteiger charge is 2.35. The van der Waals surface area contributed by atoms with Crippen molar-refractivity contribution in [1.82, 2.24) is 0 Å². The summed E-state index contributed by atoms with van der Waals surface area (Å²) in [6, 6.07) is 0. The lowest BCUT2D eigenvalue weighted by Gasteiger charge is -2.09. The monoisotopic (exact) mass is 258 g/mol. The van der Waals surface area contributed by atoms with Gasteiger partial charge in [-0.05, 0) is 17.4 Å². The van der Waals surface area contributed by atoms with E-state index in [1.807, 2.05) is 0 Å². The lowest BCUT2D eigenvalue weighted by atomic mass is 10.2. The van der Waals surface area contributed by atoms with Crippen molar-refractivity contribution in [2.24, 2.45) is 0 Å². The molecule has 4 nitrogen and oxygen atoms in total. The second kappa shape index (κ2) is 6.79. The summed E-state index contributed by atoms with van der Waals surface area (Å²) in [4.78, 5) is 33.9. The first-order chi connectivity index (χ1) is 8.00. The molecule has 1 fully saturated rings. The number of ether oxygens (including phenoxy) is 1. The maximum Gasteiger partial charge on any atom is 0.306 e. The topological polar surface area (TPSA) is 60.4 Å². The third-order valence-corrected chi connectivity index (χ3v) is 3.62. The molecular weight excluding hydrogens is 240 g/mol. The number of hydrogen-bond donors (Lipinski definition) is 0. The molecule has 0 radical (unpaired) electrons. The van der Waals surface area contributed by atoms with Gasteiger partial charge in [-0.15, -0.1) is 0 Å². The van der Waals surface area contributed by atoms with Crippen LogP contribution in [0.2, 0.25) is 0 Å². The Morgan fingerprint density at radius 3 is 2.47 bits per heavy atom. The number of rotatable bonds is 6. The second-order valence-corrected chi connectivity index (χ2v) is 6.01. The zero-order valence-corrected chi connectivity index (χ0v) is 11.0. The van der Waals surface area contributed by atoms with Gasteiger partial charge < -0.3 is 4.74 Å². The molecule has 1 rings (SSSR count). The van der Waals surface area contributed by atoms with Crippen LogP contribution in [0.3, 0.4) is 0 Å². The molecule has 0 aliphatic heterocycles. The smallest absolute Gasteiger partial charge is 0.306 e. The van der Waals surface area contributed by atoms with Crippen molar-refractivity contribution in [3.8, 4) is 0 Å². The molecule has 5 heteroatoms. The number of Topliss-reactive ketones (excluding diaryl/α,β-unsaturated/α-hetero) is 2. The van der Waals surface area contributed by atoms with Gasteiger partial charge in [-0.25, -0.2) is 0 Å². The van der Waals surface area contributed by atoms with Crippen molar-refractivity contribution in [3.63, 3.8) is 0 Å². The summed E-state index contributed by atoms with van der Waals surface area (Å²) in [5.74, 6) is -0.0814. The lowest BCUT2D eigenvalue weighted by molar-refractivity contribution is -0.157. The standard InChI is InChI=1S/C12H18O4S/c1-8(2)17-7-3-4-11(15)16-12-9(13)5-6-10(12)14/h8,12H,3-7H2,1-2H3. The van der Waals surface area contributed by atoms with E-state index in [-0.39, 0.29) is 30.8 Å². The van der Waals surface area contributed by atoms with Gasteiger partial charge in [0.15, 0.2) is 11.6 Å². The lowest BCUT2D eigenvalue weighted by Crippen LogP contribution is -2.28. The van der Waals surface area contributed by atoms with E-state index in [9.17, 15) is 14.4 Å². The maximum absolute atomic E-state index is 11.4. The first-order valence-electron chi connectivity index (χ1n) is 5.87. The molecule has 0 aromatic rings. The van der Waals surface area contributed by atoms with Gasteiger partial charge in [-0.2, -0.15) is 11.8 Å². The minimum absolute atomic E-state index is 0.208. The quantitative estimate of drug-likeness (QED) is 0.412. The van der Waals surface area contributed by atoms with Crippen LogP contribution in [0.25, 0.3) is 0 Å². The highest BCUT2D eigenvalue weighted by Crippen LogP contribution is 2.16. The molecule has 96 valence electrons. The largest absolute Gasteiger partial charge is 0.446 e. The van der Waals surface area contributed by atoms with E-state index in [0.29, 0.717) is 5.25 Å². The van der Waals surface area contributed by atoms with Crippen molar-refractivity contribution in [1.29, 1.82) is 0 Å². The molecule has 0 amide bonds. The van der Waals surface area contributed by atoms with E-state index in [0.717, 1.165) is 12.2 Å². The van der Waals surface area contributed by atoms with Crippen LogP contribution in [0.15, 0.2) is 0 Å². The van der Waals surface area contributed by atoms with E-state index in [4.69, 9.17) is 4.74 Å². The molecule has 1 aliphatic carbocycles. The van der Waals surface area contributed by atoms with Gasteiger partial charge in [0.1, 0.15) is 0 Å².